The van der Waals surface area contributed by atoms with E-state index in [1.165, 1.54) is 5.56 Å². The maximum atomic E-state index is 13.6. The van der Waals surface area contributed by atoms with Crippen LogP contribution in [0.1, 0.15) is 46.6 Å². The summed E-state index contributed by atoms with van der Waals surface area (Å²) in [6, 6.07) is 18.0. The van der Waals surface area contributed by atoms with Crippen molar-refractivity contribution in [3.05, 3.63) is 89.5 Å². The van der Waals surface area contributed by atoms with Crippen LogP contribution in [0.4, 0.5) is 4.79 Å². The van der Waals surface area contributed by atoms with E-state index in [4.69, 9.17) is 4.74 Å². The van der Waals surface area contributed by atoms with E-state index >= 15 is 0 Å². The van der Waals surface area contributed by atoms with Crippen LogP contribution in [0.3, 0.4) is 0 Å². The highest BCUT2D eigenvalue weighted by molar-refractivity contribution is 5.95. The number of amides is 2. The fourth-order valence-corrected chi connectivity index (χ4v) is 5.20. The first-order chi connectivity index (χ1) is 17.0. The number of carbonyl (C=O) groups excluding carboxylic acids is 2. The second kappa shape index (κ2) is 9.94. The van der Waals surface area contributed by atoms with Gasteiger partial charge >= 0.3 is 6.09 Å². The smallest absolute Gasteiger partial charge is 0.410 e. The molecule has 7 heteroatoms. The molecule has 7 nitrogen and oxygen atoms in total. The molecule has 2 amide bonds. The topological polar surface area (TPSA) is 67.7 Å². The van der Waals surface area contributed by atoms with Crippen molar-refractivity contribution in [3.8, 4) is 0 Å². The molecule has 2 aliphatic heterocycles. The molecule has 0 bridgehead atoms. The average molecular weight is 473 g/mol. The van der Waals surface area contributed by atoms with Crippen LogP contribution in [0.2, 0.25) is 0 Å². The number of likely N-dealkylation sites (tertiary alicyclic amines) is 1. The van der Waals surface area contributed by atoms with Gasteiger partial charge in [0, 0.05) is 50.6 Å². The number of aryl methyl sites for hydroxylation is 1. The number of hydrogen-bond donors (Lipinski definition) is 0. The fourth-order valence-electron chi connectivity index (χ4n) is 5.20. The van der Waals surface area contributed by atoms with Crippen LogP contribution >= 0.6 is 0 Å². The Morgan fingerprint density at radius 3 is 2.66 bits per heavy atom. The van der Waals surface area contributed by atoms with Gasteiger partial charge in [-0.2, -0.15) is 0 Å². The lowest BCUT2D eigenvalue weighted by Gasteiger charge is -2.26. The van der Waals surface area contributed by atoms with E-state index < -0.39 is 5.60 Å². The standard InChI is InChI=1S/C28H32N4O3/c1-22-29-15-19-31(22)20-24-10-5-6-11-25(24)26(33)30-16-7-13-28(14-18-30)21-32(27(34)35-28)17-12-23-8-3-2-4-9-23/h2-6,8-11,15,19H,7,12-14,16-18,20-21H2,1H3. The zero-order valence-corrected chi connectivity index (χ0v) is 20.2. The highest BCUT2D eigenvalue weighted by Gasteiger charge is 2.46. The van der Waals surface area contributed by atoms with Crippen molar-refractivity contribution >= 4 is 12.0 Å². The Balaban J connectivity index is 1.24. The molecule has 1 aromatic heterocycles. The van der Waals surface area contributed by atoms with Gasteiger partial charge in [0.15, 0.2) is 0 Å². The molecule has 1 atom stereocenters. The average Bonchev–Trinajstić information content (AvgIpc) is 3.34. The molecule has 3 heterocycles. The number of nitrogens with zero attached hydrogens (tertiary/aromatic N) is 4. The molecule has 35 heavy (non-hydrogen) atoms. The Morgan fingerprint density at radius 2 is 1.86 bits per heavy atom. The molecule has 2 saturated heterocycles. The molecular weight excluding hydrogens is 440 g/mol. The van der Waals surface area contributed by atoms with Crippen LogP contribution in [0, 0.1) is 6.92 Å². The van der Waals surface area contributed by atoms with Crippen LogP contribution in [-0.2, 0) is 17.7 Å². The number of hydrogen-bond acceptors (Lipinski definition) is 4. The van der Waals surface area contributed by atoms with E-state index in [2.05, 4.69) is 17.1 Å². The Labute approximate surface area is 206 Å². The minimum atomic E-state index is -0.504. The van der Waals surface area contributed by atoms with Gasteiger partial charge in [-0.3, -0.25) is 4.79 Å². The fraction of sp³-hybridized carbons (Fsp3) is 0.393. The molecular formula is C28H32N4O3. The van der Waals surface area contributed by atoms with Gasteiger partial charge in [-0.15, -0.1) is 0 Å². The van der Waals surface area contributed by atoms with Crippen LogP contribution in [0.15, 0.2) is 67.0 Å². The molecule has 1 unspecified atom stereocenters. The Morgan fingerprint density at radius 1 is 1.06 bits per heavy atom. The predicted octanol–water partition coefficient (Wildman–Crippen LogP) is 4.30. The SMILES string of the molecule is Cc1nccn1Cc1ccccc1C(=O)N1CCCC2(CC1)CN(CCc1ccccc1)C(=O)O2. The Hall–Kier alpha value is -3.61. The maximum absolute atomic E-state index is 13.6. The monoisotopic (exact) mass is 472 g/mol. The van der Waals surface area contributed by atoms with Crippen LogP contribution in [0.5, 0.6) is 0 Å². The van der Waals surface area contributed by atoms with Gasteiger partial charge in [0.05, 0.1) is 6.54 Å². The molecule has 2 aromatic carbocycles. The lowest BCUT2D eigenvalue weighted by atomic mass is 9.95. The first-order valence-electron chi connectivity index (χ1n) is 12.4. The van der Waals surface area contributed by atoms with Gasteiger partial charge in [-0.05, 0) is 43.4 Å². The van der Waals surface area contributed by atoms with Gasteiger partial charge in [0.2, 0.25) is 0 Å². The summed E-state index contributed by atoms with van der Waals surface area (Å²) in [5.74, 6) is 0.963. The van der Waals surface area contributed by atoms with Crippen LogP contribution < -0.4 is 0 Å². The van der Waals surface area contributed by atoms with Crippen molar-refractivity contribution < 1.29 is 14.3 Å². The van der Waals surface area contributed by atoms with Crippen LogP contribution in [0.25, 0.3) is 0 Å². The van der Waals surface area contributed by atoms with Gasteiger partial charge in [0.1, 0.15) is 11.4 Å². The van der Waals surface area contributed by atoms with Gasteiger partial charge in [-0.25, -0.2) is 9.78 Å². The predicted molar refractivity (Wildman–Crippen MR) is 133 cm³/mol. The molecule has 0 aliphatic carbocycles. The summed E-state index contributed by atoms with van der Waals surface area (Å²) in [5.41, 5.74) is 2.42. The van der Waals surface area contributed by atoms with E-state index in [0.29, 0.717) is 39.1 Å². The van der Waals surface area contributed by atoms with E-state index in [0.717, 1.165) is 36.2 Å². The van der Waals surface area contributed by atoms with Crippen LogP contribution in [-0.4, -0.2) is 63.1 Å². The number of imidazole rings is 1. The zero-order chi connectivity index (χ0) is 24.3. The largest absolute Gasteiger partial charge is 0.441 e. The molecule has 3 aromatic rings. The first-order valence-corrected chi connectivity index (χ1v) is 12.4. The first kappa shape index (κ1) is 23.1. The number of carbonyl (C=O) groups is 2. The third-order valence-corrected chi connectivity index (χ3v) is 7.25. The normalized spacial score (nSPS) is 20.2. The number of benzene rings is 2. The second-order valence-corrected chi connectivity index (χ2v) is 9.61. The Kier molecular flexibility index (Phi) is 6.57. The zero-order valence-electron chi connectivity index (χ0n) is 20.2. The third-order valence-electron chi connectivity index (χ3n) is 7.25. The van der Waals surface area contributed by atoms with E-state index in [1.807, 2.05) is 70.0 Å². The molecule has 182 valence electrons. The van der Waals surface area contributed by atoms with Crippen molar-refractivity contribution in [2.24, 2.45) is 0 Å². The number of aromatic nitrogens is 2. The van der Waals surface area contributed by atoms with E-state index in [9.17, 15) is 9.59 Å². The third kappa shape index (κ3) is 5.09. The van der Waals surface area contributed by atoms with Crippen molar-refractivity contribution in [2.45, 2.75) is 44.8 Å². The Bertz CT molecular complexity index is 1190. The highest BCUT2D eigenvalue weighted by atomic mass is 16.6. The van der Waals surface area contributed by atoms with Gasteiger partial charge in [-0.1, -0.05) is 48.5 Å². The number of rotatable bonds is 6. The molecule has 0 saturated carbocycles. The van der Waals surface area contributed by atoms with Crippen molar-refractivity contribution in [3.63, 3.8) is 0 Å². The highest BCUT2D eigenvalue weighted by Crippen LogP contribution is 2.34. The van der Waals surface area contributed by atoms with E-state index in [1.54, 1.807) is 6.20 Å². The quantitative estimate of drug-likeness (QED) is 0.537. The summed E-state index contributed by atoms with van der Waals surface area (Å²) >= 11 is 0. The summed E-state index contributed by atoms with van der Waals surface area (Å²) in [6.45, 7) is 5.06. The van der Waals surface area contributed by atoms with Crippen molar-refractivity contribution in [1.82, 2.24) is 19.4 Å². The van der Waals surface area contributed by atoms with Gasteiger partial charge in [0.25, 0.3) is 5.91 Å². The minimum Gasteiger partial charge on any atom is -0.441 e. The lowest BCUT2D eigenvalue weighted by Crippen LogP contribution is -2.37. The summed E-state index contributed by atoms with van der Waals surface area (Å²) in [5, 5.41) is 0. The summed E-state index contributed by atoms with van der Waals surface area (Å²) < 4.78 is 8.00. The maximum Gasteiger partial charge on any atom is 0.410 e. The summed E-state index contributed by atoms with van der Waals surface area (Å²) in [4.78, 5) is 34.3. The molecule has 5 rings (SSSR count). The second-order valence-electron chi connectivity index (χ2n) is 9.61. The lowest BCUT2D eigenvalue weighted by molar-refractivity contribution is 0.0438. The molecule has 1 spiro atoms. The molecule has 2 fully saturated rings. The number of ether oxygens (including phenoxy) is 1. The van der Waals surface area contributed by atoms with E-state index in [-0.39, 0.29) is 12.0 Å². The van der Waals surface area contributed by atoms with Gasteiger partial charge < -0.3 is 19.1 Å². The molecule has 2 aliphatic rings. The van der Waals surface area contributed by atoms with Crippen molar-refractivity contribution in [2.75, 3.05) is 26.2 Å². The molecule has 0 N–H and O–H groups in total. The summed E-state index contributed by atoms with van der Waals surface area (Å²) in [6.07, 6.45) is 6.54. The van der Waals surface area contributed by atoms with Crippen molar-refractivity contribution in [1.29, 1.82) is 0 Å². The minimum absolute atomic E-state index is 0.0423. The molecule has 0 radical (unpaired) electrons. The summed E-state index contributed by atoms with van der Waals surface area (Å²) in [7, 11) is 0.